The molecule has 1 aromatic carbocycles. The fraction of sp³-hybridized carbons (Fsp3) is 0.375. The molecule has 21 heavy (non-hydrogen) atoms. The minimum Gasteiger partial charge on any atom is -0.424 e. The van der Waals surface area contributed by atoms with Crippen molar-refractivity contribution in [3.8, 4) is 11.8 Å². The lowest BCUT2D eigenvalue weighted by atomic mass is 10.1. The van der Waals surface area contributed by atoms with Crippen LogP contribution in [0.1, 0.15) is 24.5 Å². The van der Waals surface area contributed by atoms with Gasteiger partial charge in [-0.2, -0.15) is 0 Å². The molecule has 0 aliphatic heterocycles. The molecule has 112 valence electrons. The van der Waals surface area contributed by atoms with Crippen molar-refractivity contribution in [3.63, 3.8) is 0 Å². The number of nitrogens with one attached hydrogen (secondary N) is 1. The van der Waals surface area contributed by atoms with E-state index in [9.17, 15) is 0 Å². The summed E-state index contributed by atoms with van der Waals surface area (Å²) in [5, 5.41) is 12.2. The van der Waals surface area contributed by atoms with Crippen LogP contribution in [0.4, 0.5) is 0 Å². The molecular formula is C16H21N3O2. The molecule has 2 rings (SSSR count). The Kier molecular flexibility index (Phi) is 6.12. The average Bonchev–Trinajstić information content (AvgIpc) is 2.51. The van der Waals surface area contributed by atoms with Gasteiger partial charge in [0.05, 0.1) is 0 Å². The van der Waals surface area contributed by atoms with E-state index in [0.29, 0.717) is 18.2 Å². The molecule has 2 aromatic rings. The first-order valence-corrected chi connectivity index (χ1v) is 7.21. The summed E-state index contributed by atoms with van der Waals surface area (Å²) in [5.41, 5.74) is 2.11. The summed E-state index contributed by atoms with van der Waals surface area (Å²) in [6.45, 7) is 4.03. The summed E-state index contributed by atoms with van der Waals surface area (Å²) in [6.07, 6.45) is 5.29. The van der Waals surface area contributed by atoms with Gasteiger partial charge in [0.25, 0.3) is 0 Å². The molecule has 0 aliphatic carbocycles. The Morgan fingerprint density at radius 1 is 1.10 bits per heavy atom. The van der Waals surface area contributed by atoms with Crippen LogP contribution in [0.15, 0.2) is 36.7 Å². The quantitative estimate of drug-likeness (QED) is 0.729. The zero-order chi connectivity index (χ0) is 14.9. The molecular weight excluding hydrogens is 266 g/mol. The smallest absolute Gasteiger partial charge is 0.321 e. The number of aliphatic hydroxyl groups is 1. The van der Waals surface area contributed by atoms with Crippen LogP contribution in [0.5, 0.6) is 11.8 Å². The van der Waals surface area contributed by atoms with Crippen LogP contribution < -0.4 is 10.1 Å². The maximum Gasteiger partial charge on any atom is 0.321 e. The van der Waals surface area contributed by atoms with E-state index in [1.54, 1.807) is 12.4 Å². The topological polar surface area (TPSA) is 67.3 Å². The highest BCUT2D eigenvalue weighted by Crippen LogP contribution is 2.18. The van der Waals surface area contributed by atoms with Crippen molar-refractivity contribution < 1.29 is 9.84 Å². The molecule has 0 bridgehead atoms. The van der Waals surface area contributed by atoms with Crippen LogP contribution in [0, 0.1) is 0 Å². The molecule has 1 aromatic heterocycles. The summed E-state index contributed by atoms with van der Waals surface area (Å²) in [6, 6.07) is 7.89. The molecule has 5 heteroatoms. The second kappa shape index (κ2) is 8.34. The molecule has 5 nitrogen and oxygen atoms in total. The Morgan fingerprint density at radius 3 is 2.43 bits per heavy atom. The Balaban J connectivity index is 1.90. The molecule has 0 amide bonds. The summed E-state index contributed by atoms with van der Waals surface area (Å²) in [5.74, 6) is 0.688. The number of benzene rings is 1. The summed E-state index contributed by atoms with van der Waals surface area (Å²) in [7, 11) is 0. The first-order chi connectivity index (χ1) is 10.3. The highest BCUT2D eigenvalue weighted by Gasteiger charge is 2.01. The van der Waals surface area contributed by atoms with Gasteiger partial charge in [0.15, 0.2) is 0 Å². The van der Waals surface area contributed by atoms with Crippen molar-refractivity contribution in [2.24, 2.45) is 0 Å². The first-order valence-electron chi connectivity index (χ1n) is 7.21. The van der Waals surface area contributed by atoms with Gasteiger partial charge >= 0.3 is 6.01 Å². The van der Waals surface area contributed by atoms with Crippen molar-refractivity contribution >= 4 is 0 Å². The maximum absolute atomic E-state index is 8.87. The molecule has 0 fully saturated rings. The van der Waals surface area contributed by atoms with E-state index in [0.717, 1.165) is 30.6 Å². The highest BCUT2D eigenvalue weighted by atomic mass is 16.5. The number of hydrogen-bond acceptors (Lipinski definition) is 5. The van der Waals surface area contributed by atoms with Crippen LogP contribution in [0.3, 0.4) is 0 Å². The number of ether oxygens (including phenoxy) is 1. The summed E-state index contributed by atoms with van der Waals surface area (Å²) < 4.78 is 5.59. The number of rotatable bonds is 8. The third-order valence-electron chi connectivity index (χ3n) is 2.97. The van der Waals surface area contributed by atoms with Crippen molar-refractivity contribution in [1.29, 1.82) is 0 Å². The lowest BCUT2D eigenvalue weighted by Gasteiger charge is -2.06. The van der Waals surface area contributed by atoms with E-state index in [1.807, 2.05) is 24.3 Å². The standard InChI is InChI=1S/C16H21N3O2/c1-2-8-17-10-14-11-18-16(19-12-14)21-15-5-3-13(4-6-15)7-9-20/h3-6,11-12,17,20H,2,7-10H2,1H3. The number of aromatic nitrogens is 2. The molecule has 0 unspecified atom stereocenters. The van der Waals surface area contributed by atoms with Crippen LogP contribution >= 0.6 is 0 Å². The van der Waals surface area contributed by atoms with E-state index in [1.165, 1.54) is 0 Å². The predicted molar refractivity (Wildman–Crippen MR) is 81.3 cm³/mol. The lowest BCUT2D eigenvalue weighted by molar-refractivity contribution is 0.299. The van der Waals surface area contributed by atoms with E-state index in [2.05, 4.69) is 22.2 Å². The number of hydrogen-bond donors (Lipinski definition) is 2. The molecule has 0 radical (unpaired) electrons. The second-order valence-corrected chi connectivity index (χ2v) is 4.77. The van der Waals surface area contributed by atoms with Crippen molar-refractivity contribution in [2.45, 2.75) is 26.3 Å². The third-order valence-corrected chi connectivity index (χ3v) is 2.97. The molecule has 1 heterocycles. The zero-order valence-electron chi connectivity index (χ0n) is 12.2. The van der Waals surface area contributed by atoms with Gasteiger partial charge in [0, 0.05) is 31.1 Å². The lowest BCUT2D eigenvalue weighted by Crippen LogP contribution is -2.14. The van der Waals surface area contributed by atoms with Gasteiger partial charge in [0.1, 0.15) is 5.75 Å². The molecule has 2 N–H and O–H groups in total. The monoisotopic (exact) mass is 287 g/mol. The molecule has 0 saturated heterocycles. The number of aliphatic hydroxyl groups excluding tert-OH is 1. The SMILES string of the molecule is CCCNCc1cnc(Oc2ccc(CCO)cc2)nc1. The molecule has 0 spiro atoms. The molecule has 0 saturated carbocycles. The first kappa shape index (κ1) is 15.4. The van der Waals surface area contributed by atoms with Crippen molar-refractivity contribution in [1.82, 2.24) is 15.3 Å². The second-order valence-electron chi connectivity index (χ2n) is 4.77. The largest absolute Gasteiger partial charge is 0.424 e. The van der Waals surface area contributed by atoms with Crippen LogP contribution in [-0.2, 0) is 13.0 Å². The van der Waals surface area contributed by atoms with Gasteiger partial charge in [-0.05, 0) is 37.1 Å². The summed E-state index contributed by atoms with van der Waals surface area (Å²) in [4.78, 5) is 8.40. The van der Waals surface area contributed by atoms with Crippen LogP contribution in [-0.4, -0.2) is 28.2 Å². The molecule has 0 atom stereocenters. The molecule has 0 aliphatic rings. The maximum atomic E-state index is 8.87. The van der Waals surface area contributed by atoms with Gasteiger partial charge in [-0.25, -0.2) is 9.97 Å². The zero-order valence-corrected chi connectivity index (χ0v) is 12.2. The Labute approximate surface area is 125 Å². The highest BCUT2D eigenvalue weighted by molar-refractivity contribution is 5.29. The van der Waals surface area contributed by atoms with Crippen molar-refractivity contribution in [3.05, 3.63) is 47.8 Å². The van der Waals surface area contributed by atoms with E-state index < -0.39 is 0 Å². The van der Waals surface area contributed by atoms with Gasteiger partial charge in [0.2, 0.25) is 0 Å². The average molecular weight is 287 g/mol. The normalized spacial score (nSPS) is 10.6. The van der Waals surface area contributed by atoms with Gasteiger partial charge in [-0.1, -0.05) is 19.1 Å². The Hall–Kier alpha value is -1.98. The van der Waals surface area contributed by atoms with Crippen molar-refractivity contribution in [2.75, 3.05) is 13.2 Å². The van der Waals surface area contributed by atoms with E-state index >= 15 is 0 Å². The Bertz CT molecular complexity index is 526. The van der Waals surface area contributed by atoms with Gasteiger partial charge < -0.3 is 15.2 Å². The summed E-state index contributed by atoms with van der Waals surface area (Å²) >= 11 is 0. The fourth-order valence-electron chi connectivity index (χ4n) is 1.86. The van der Waals surface area contributed by atoms with E-state index in [4.69, 9.17) is 9.84 Å². The fourth-order valence-corrected chi connectivity index (χ4v) is 1.86. The Morgan fingerprint density at radius 2 is 1.81 bits per heavy atom. The minimum atomic E-state index is 0.150. The van der Waals surface area contributed by atoms with Crippen LogP contribution in [0.25, 0.3) is 0 Å². The van der Waals surface area contributed by atoms with Crippen LogP contribution in [0.2, 0.25) is 0 Å². The van der Waals surface area contributed by atoms with Gasteiger partial charge in [-0.15, -0.1) is 0 Å². The predicted octanol–water partition coefficient (Wildman–Crippen LogP) is 2.30. The third kappa shape index (κ3) is 5.13. The van der Waals surface area contributed by atoms with E-state index in [-0.39, 0.29) is 6.61 Å². The minimum absolute atomic E-state index is 0.150. The van der Waals surface area contributed by atoms with Gasteiger partial charge in [-0.3, -0.25) is 0 Å². The number of nitrogens with zero attached hydrogens (tertiary/aromatic N) is 2.